The highest BCUT2D eigenvalue weighted by molar-refractivity contribution is 6.59. The largest absolute Gasteiger partial charge is 0.386 e. The van der Waals surface area contributed by atoms with E-state index in [1.807, 2.05) is 0 Å². The summed E-state index contributed by atoms with van der Waals surface area (Å²) in [5.74, 6) is 0. The Bertz CT molecular complexity index is 48.6. The maximum absolute atomic E-state index is 4.91. The molecule has 0 fully saturated rings. The fourth-order valence-corrected chi connectivity index (χ4v) is 0.433. The quantitative estimate of drug-likeness (QED) is 0.348. The Morgan fingerprint density at radius 3 is 1.86 bits per heavy atom. The molecule has 0 saturated heterocycles. The van der Waals surface area contributed by atoms with Gasteiger partial charge in [0.25, 0.3) is 0 Å². The van der Waals surface area contributed by atoms with Crippen LogP contribution in [0.3, 0.4) is 0 Å². The minimum absolute atomic E-state index is 0.328. The van der Waals surface area contributed by atoms with Crippen LogP contribution < -0.4 is 0 Å². The van der Waals surface area contributed by atoms with Crippen LogP contribution in [0.15, 0.2) is 0 Å². The molecule has 0 atom stereocenters. The maximum atomic E-state index is 4.91. The van der Waals surface area contributed by atoms with E-state index in [-0.39, 0.29) is 0 Å². The normalized spacial score (nSPS) is 11.6. The average molecular weight is 95.6 g/mol. The van der Waals surface area contributed by atoms with E-state index >= 15 is 0 Å². The number of hydrogen-bond donors (Lipinski definition) is 0. The van der Waals surface area contributed by atoms with E-state index < -0.39 is 0 Å². The molecule has 0 aliphatic rings. The van der Waals surface area contributed by atoms with Crippen molar-refractivity contribution in [1.82, 2.24) is 0 Å². The fraction of sp³-hybridized carbons (Fsp3) is 1.00. The van der Waals surface area contributed by atoms with Gasteiger partial charge in [-0.2, -0.15) is 0 Å². The number of ether oxygens (including phenoxy) is 1. The number of methoxy groups -OCH3 is 1. The van der Waals surface area contributed by atoms with E-state index in [1.165, 1.54) is 0 Å². The zero-order chi connectivity index (χ0) is 5.91. The zero-order valence-corrected chi connectivity index (χ0v) is 5.62. The lowest BCUT2D eigenvalue weighted by molar-refractivity contribution is 0.203. The van der Waals surface area contributed by atoms with Gasteiger partial charge >= 0.3 is 0 Å². The Labute approximate surface area is 48.0 Å². The van der Waals surface area contributed by atoms with Crippen LogP contribution in [0.1, 0.15) is 0 Å². The van der Waals surface area contributed by atoms with Crippen LogP contribution in [0.25, 0.3) is 0 Å². The topological polar surface area (TPSA) is 9.23 Å². The van der Waals surface area contributed by atoms with Crippen molar-refractivity contribution in [2.24, 2.45) is 0 Å². The summed E-state index contributed by atoms with van der Waals surface area (Å²) in [7, 11) is 8.18. The van der Waals surface area contributed by atoms with Gasteiger partial charge in [0, 0.05) is 13.7 Å². The fourth-order valence-electron chi connectivity index (χ4n) is 0.433. The van der Waals surface area contributed by atoms with Gasteiger partial charge in [-0.1, -0.05) is 5.11 Å². The van der Waals surface area contributed by atoms with Gasteiger partial charge in [-0.15, -0.1) is 0 Å². The second kappa shape index (κ2) is 2.46. The summed E-state index contributed by atoms with van der Waals surface area (Å²) in [4.78, 5) is 0. The monoisotopic (exact) mass is 96.1 g/mol. The van der Waals surface area contributed by atoms with Crippen molar-refractivity contribution >= 4 is 23.5 Å². The molecular formula is C3H11B3O. The molecule has 0 unspecified atom stereocenters. The Morgan fingerprint density at radius 2 is 1.86 bits per heavy atom. The van der Waals surface area contributed by atoms with Crippen LogP contribution in [0.4, 0.5) is 0 Å². The minimum atomic E-state index is 0.328. The lowest BCUT2D eigenvalue weighted by Gasteiger charge is -2.14. The van der Waals surface area contributed by atoms with Gasteiger partial charge in [-0.25, -0.2) is 0 Å². The van der Waals surface area contributed by atoms with Crippen molar-refractivity contribution in [3.05, 3.63) is 0 Å². The summed E-state index contributed by atoms with van der Waals surface area (Å²) in [6, 6.07) is 0. The van der Waals surface area contributed by atoms with Crippen LogP contribution in [-0.2, 0) is 4.74 Å². The van der Waals surface area contributed by atoms with E-state index in [1.54, 1.807) is 7.11 Å². The molecule has 4 heteroatoms. The van der Waals surface area contributed by atoms with Gasteiger partial charge in [-0.05, 0) is 0 Å². The van der Waals surface area contributed by atoms with Crippen molar-refractivity contribution in [3.63, 3.8) is 0 Å². The Balaban J connectivity index is 3.15. The second-order valence-corrected chi connectivity index (χ2v) is 2.99. The first-order chi connectivity index (χ1) is 3.06. The molecule has 0 rings (SSSR count). The van der Waals surface area contributed by atoms with E-state index in [9.17, 15) is 0 Å². The van der Waals surface area contributed by atoms with Crippen molar-refractivity contribution in [2.45, 2.75) is 5.11 Å². The summed E-state index contributed by atoms with van der Waals surface area (Å²) in [6.45, 7) is 0.840. The van der Waals surface area contributed by atoms with Crippen molar-refractivity contribution in [3.8, 4) is 0 Å². The van der Waals surface area contributed by atoms with Gasteiger partial charge in [0.2, 0.25) is 0 Å². The Hall–Kier alpha value is 0.155. The summed E-state index contributed by atoms with van der Waals surface area (Å²) in [5, 5.41) is 0.328. The van der Waals surface area contributed by atoms with Crippen molar-refractivity contribution in [1.29, 1.82) is 0 Å². The molecule has 0 radical (unpaired) electrons. The molecule has 38 valence electrons. The van der Waals surface area contributed by atoms with Crippen molar-refractivity contribution in [2.75, 3.05) is 13.7 Å². The first-order valence-electron chi connectivity index (χ1n) is 2.55. The molecule has 0 N–H and O–H groups in total. The minimum Gasteiger partial charge on any atom is -0.386 e. The molecule has 0 bridgehead atoms. The van der Waals surface area contributed by atoms with Crippen molar-refractivity contribution < 1.29 is 4.74 Å². The summed E-state index contributed by atoms with van der Waals surface area (Å²) in [6.07, 6.45) is 0. The van der Waals surface area contributed by atoms with Gasteiger partial charge in [0.05, 0.1) is 23.5 Å². The lowest BCUT2D eigenvalue weighted by Crippen LogP contribution is -2.18. The molecular weight excluding hydrogens is 84.5 g/mol. The Morgan fingerprint density at radius 1 is 1.43 bits per heavy atom. The van der Waals surface area contributed by atoms with E-state index in [2.05, 4.69) is 23.5 Å². The second-order valence-electron chi connectivity index (χ2n) is 2.99. The SMILES string of the molecule is BC(B)(B)COC. The van der Waals surface area contributed by atoms with Crippen LogP contribution in [0, 0.1) is 0 Å². The van der Waals surface area contributed by atoms with Gasteiger partial charge in [0.15, 0.2) is 0 Å². The third kappa shape index (κ3) is 6.15. The standard InChI is InChI=1S/C3H11B3O/c1-7-2-3(4,5)6/h2,4-6H2,1H3. The summed E-state index contributed by atoms with van der Waals surface area (Å²) < 4.78 is 4.91. The van der Waals surface area contributed by atoms with E-state index in [0.717, 1.165) is 6.61 Å². The predicted molar refractivity (Wildman–Crippen MR) is 40.2 cm³/mol. The molecule has 0 aromatic heterocycles. The van der Waals surface area contributed by atoms with E-state index in [0.29, 0.717) is 5.11 Å². The molecule has 0 aromatic carbocycles. The molecule has 7 heavy (non-hydrogen) atoms. The van der Waals surface area contributed by atoms with Gasteiger partial charge in [0.1, 0.15) is 0 Å². The number of hydrogen-bond acceptors (Lipinski definition) is 1. The average Bonchev–Trinajstić information content (AvgIpc) is 1.30. The maximum Gasteiger partial charge on any atom is 0.0933 e. The number of rotatable bonds is 2. The third-order valence-corrected chi connectivity index (χ3v) is 0.577. The first-order valence-corrected chi connectivity index (χ1v) is 2.55. The van der Waals surface area contributed by atoms with Crippen LogP contribution in [0.2, 0.25) is 5.11 Å². The van der Waals surface area contributed by atoms with E-state index in [4.69, 9.17) is 4.74 Å². The zero-order valence-electron chi connectivity index (χ0n) is 5.62. The first kappa shape index (κ1) is 7.15. The highest BCUT2D eigenvalue weighted by atomic mass is 16.5. The predicted octanol–water partition coefficient (Wildman–Crippen LogP) is -2.39. The molecule has 0 aromatic rings. The van der Waals surface area contributed by atoms with Crippen LogP contribution >= 0.6 is 0 Å². The molecule has 1 nitrogen and oxygen atoms in total. The summed E-state index contributed by atoms with van der Waals surface area (Å²) >= 11 is 0. The van der Waals surface area contributed by atoms with Gasteiger partial charge < -0.3 is 4.74 Å². The molecule has 0 aliphatic carbocycles. The smallest absolute Gasteiger partial charge is 0.0933 e. The van der Waals surface area contributed by atoms with Crippen LogP contribution in [-0.4, -0.2) is 37.3 Å². The third-order valence-electron chi connectivity index (χ3n) is 0.577. The molecule has 0 amide bonds. The molecule has 0 aliphatic heterocycles. The molecule has 0 heterocycles. The lowest BCUT2D eigenvalue weighted by atomic mass is 9.43. The molecule has 0 saturated carbocycles. The highest BCUT2D eigenvalue weighted by Gasteiger charge is 2.08. The Kier molecular flexibility index (Phi) is 2.51. The summed E-state index contributed by atoms with van der Waals surface area (Å²) in [5.41, 5.74) is 0. The van der Waals surface area contributed by atoms with Crippen LogP contribution in [0.5, 0.6) is 0 Å². The highest BCUT2D eigenvalue weighted by Crippen LogP contribution is 2.05. The molecule has 0 spiro atoms. The van der Waals surface area contributed by atoms with Gasteiger partial charge in [-0.3, -0.25) is 0 Å².